The molecule has 5 nitrogen and oxygen atoms in total. The first-order valence-electron chi connectivity index (χ1n) is 6.09. The van der Waals surface area contributed by atoms with Gasteiger partial charge in [-0.3, -0.25) is 0 Å². The van der Waals surface area contributed by atoms with Gasteiger partial charge in [-0.15, -0.1) is 0 Å². The van der Waals surface area contributed by atoms with Crippen LogP contribution in [-0.2, 0) is 17.9 Å². The first-order valence-corrected chi connectivity index (χ1v) is 6.50. The van der Waals surface area contributed by atoms with Crippen LogP contribution in [0.5, 0.6) is 0 Å². The van der Waals surface area contributed by atoms with E-state index in [-0.39, 0.29) is 5.97 Å². The average Bonchev–Trinajstić information content (AvgIpc) is 3.07. The second kappa shape index (κ2) is 5.34. The summed E-state index contributed by atoms with van der Waals surface area (Å²) < 4.78 is 10.1. The molecule has 0 saturated carbocycles. The second-order valence-electron chi connectivity index (χ2n) is 4.34. The number of benzene rings is 1. The molecule has 0 atom stereocenters. The molecule has 0 spiro atoms. The Morgan fingerprint density at radius 3 is 3.05 bits per heavy atom. The van der Waals surface area contributed by atoms with E-state index < -0.39 is 0 Å². The van der Waals surface area contributed by atoms with Gasteiger partial charge in [-0.1, -0.05) is 6.07 Å². The maximum atomic E-state index is 11.5. The van der Waals surface area contributed by atoms with Crippen molar-refractivity contribution in [1.29, 1.82) is 0 Å². The molecule has 1 aliphatic heterocycles. The van der Waals surface area contributed by atoms with Gasteiger partial charge >= 0.3 is 5.97 Å². The quantitative estimate of drug-likeness (QED) is 0.668. The third kappa shape index (κ3) is 2.65. The zero-order valence-electron chi connectivity index (χ0n) is 10.5. The van der Waals surface area contributed by atoms with E-state index in [1.54, 1.807) is 12.3 Å². The molecule has 2 aromatic rings. The first-order chi connectivity index (χ1) is 9.72. The van der Waals surface area contributed by atoms with E-state index in [9.17, 15) is 4.79 Å². The molecule has 0 unspecified atom stereocenters. The molecule has 0 aliphatic carbocycles. The number of furan rings is 1. The van der Waals surface area contributed by atoms with Gasteiger partial charge in [0.05, 0.1) is 18.4 Å². The molecule has 1 aromatic heterocycles. The molecular formula is C14H12N2O3S. The lowest BCUT2D eigenvalue weighted by Gasteiger charge is -2.10. The van der Waals surface area contributed by atoms with Crippen molar-refractivity contribution in [3.63, 3.8) is 0 Å². The highest BCUT2D eigenvalue weighted by Gasteiger charge is 2.21. The van der Waals surface area contributed by atoms with Gasteiger partial charge in [-0.25, -0.2) is 4.79 Å². The van der Waals surface area contributed by atoms with Gasteiger partial charge in [0.25, 0.3) is 0 Å². The standard InChI is InChI=1S/C14H12N2O3S/c17-13-12-6-10(4-3-9(12)8-19-13)16-14(20)15-7-11-2-1-5-18-11/h1-6H,7-8H2,(H2,15,16,20). The number of thiocarbonyl (C=S) groups is 1. The van der Waals surface area contributed by atoms with Gasteiger partial charge in [0.1, 0.15) is 12.4 Å². The number of nitrogens with one attached hydrogen (secondary N) is 2. The van der Waals surface area contributed by atoms with E-state index in [1.165, 1.54) is 0 Å². The maximum absolute atomic E-state index is 11.5. The number of esters is 1. The summed E-state index contributed by atoms with van der Waals surface area (Å²) in [5.74, 6) is 0.504. The highest BCUT2D eigenvalue weighted by atomic mass is 32.1. The van der Waals surface area contributed by atoms with Crippen LogP contribution in [0.2, 0.25) is 0 Å². The summed E-state index contributed by atoms with van der Waals surface area (Å²) in [4.78, 5) is 11.5. The minimum Gasteiger partial charge on any atom is -0.467 e. The van der Waals surface area contributed by atoms with Gasteiger partial charge in [-0.2, -0.15) is 0 Å². The van der Waals surface area contributed by atoms with Gasteiger partial charge < -0.3 is 19.8 Å². The fourth-order valence-electron chi connectivity index (χ4n) is 1.95. The van der Waals surface area contributed by atoms with Crippen molar-refractivity contribution in [1.82, 2.24) is 5.32 Å². The molecule has 2 N–H and O–H groups in total. The molecule has 1 aromatic carbocycles. The Morgan fingerprint density at radius 1 is 1.35 bits per heavy atom. The van der Waals surface area contributed by atoms with Crippen molar-refractivity contribution in [3.05, 3.63) is 53.5 Å². The normalized spacial score (nSPS) is 12.7. The molecule has 3 rings (SSSR count). The smallest absolute Gasteiger partial charge is 0.338 e. The highest BCUT2D eigenvalue weighted by Crippen LogP contribution is 2.23. The van der Waals surface area contributed by atoms with Crippen molar-refractivity contribution < 1.29 is 13.9 Å². The molecule has 0 saturated heterocycles. The summed E-state index contributed by atoms with van der Waals surface area (Å²) in [7, 11) is 0. The van der Waals surface area contributed by atoms with Crippen LogP contribution in [0.25, 0.3) is 0 Å². The topological polar surface area (TPSA) is 63.5 Å². The average molecular weight is 288 g/mol. The van der Waals surface area contributed by atoms with Gasteiger partial charge in [0, 0.05) is 11.3 Å². The van der Waals surface area contributed by atoms with Crippen molar-refractivity contribution in [2.75, 3.05) is 5.32 Å². The Morgan fingerprint density at radius 2 is 2.25 bits per heavy atom. The van der Waals surface area contributed by atoms with E-state index in [0.717, 1.165) is 17.0 Å². The molecule has 0 radical (unpaired) electrons. The minimum absolute atomic E-state index is 0.293. The van der Waals surface area contributed by atoms with Crippen LogP contribution in [0, 0.1) is 0 Å². The number of cyclic esters (lactones) is 1. The molecule has 0 fully saturated rings. The van der Waals surface area contributed by atoms with Crippen molar-refractivity contribution in [2.24, 2.45) is 0 Å². The summed E-state index contributed by atoms with van der Waals surface area (Å²) in [6, 6.07) is 9.14. The summed E-state index contributed by atoms with van der Waals surface area (Å²) in [6.07, 6.45) is 1.61. The molecule has 0 bridgehead atoms. The molecule has 1 aliphatic rings. The zero-order chi connectivity index (χ0) is 13.9. The number of ether oxygens (including phenoxy) is 1. The number of rotatable bonds is 3. The third-order valence-electron chi connectivity index (χ3n) is 2.95. The van der Waals surface area contributed by atoms with Gasteiger partial charge in [0.15, 0.2) is 5.11 Å². The number of carbonyl (C=O) groups is 1. The summed E-state index contributed by atoms with van der Waals surface area (Å²) in [5.41, 5.74) is 2.23. The van der Waals surface area contributed by atoms with Gasteiger partial charge in [-0.05, 0) is 36.5 Å². The summed E-state index contributed by atoms with van der Waals surface area (Å²) in [6.45, 7) is 0.849. The Kier molecular flexibility index (Phi) is 3.39. The number of anilines is 1. The van der Waals surface area contributed by atoms with Crippen LogP contribution in [0.3, 0.4) is 0 Å². The number of fused-ring (bicyclic) bond motifs is 1. The SMILES string of the molecule is O=C1OCc2ccc(NC(=S)NCc3ccco3)cc21. The predicted molar refractivity (Wildman–Crippen MR) is 77.3 cm³/mol. The van der Waals surface area contributed by atoms with Gasteiger partial charge in [0.2, 0.25) is 0 Å². The third-order valence-corrected chi connectivity index (χ3v) is 3.20. The Labute approximate surface area is 120 Å². The van der Waals surface area contributed by atoms with E-state index in [2.05, 4.69) is 10.6 Å². The van der Waals surface area contributed by atoms with Crippen LogP contribution < -0.4 is 10.6 Å². The van der Waals surface area contributed by atoms with Crippen LogP contribution >= 0.6 is 12.2 Å². The first kappa shape index (κ1) is 12.7. The van der Waals surface area contributed by atoms with E-state index in [4.69, 9.17) is 21.4 Å². The van der Waals surface area contributed by atoms with Crippen molar-refractivity contribution >= 4 is 29.0 Å². The highest BCUT2D eigenvalue weighted by molar-refractivity contribution is 7.80. The van der Waals surface area contributed by atoms with Crippen molar-refractivity contribution in [3.8, 4) is 0 Å². The molecule has 6 heteroatoms. The Balaban J connectivity index is 1.61. The fraction of sp³-hybridized carbons (Fsp3) is 0.143. The molecule has 102 valence electrons. The Hall–Kier alpha value is -2.34. The van der Waals surface area contributed by atoms with Crippen LogP contribution in [0.4, 0.5) is 5.69 Å². The Bertz CT molecular complexity index is 652. The summed E-state index contributed by atoms with van der Waals surface area (Å²) >= 11 is 5.19. The van der Waals surface area contributed by atoms with Crippen molar-refractivity contribution in [2.45, 2.75) is 13.2 Å². The number of hydrogen-bond acceptors (Lipinski definition) is 4. The van der Waals surface area contributed by atoms with Crippen LogP contribution in [0.15, 0.2) is 41.0 Å². The summed E-state index contributed by atoms with van der Waals surface area (Å²) in [5, 5.41) is 6.51. The lowest BCUT2D eigenvalue weighted by atomic mass is 10.1. The largest absolute Gasteiger partial charge is 0.467 e. The van der Waals surface area contributed by atoms with E-state index >= 15 is 0 Å². The van der Waals surface area contributed by atoms with Crippen LogP contribution in [0.1, 0.15) is 21.7 Å². The number of hydrogen-bond donors (Lipinski definition) is 2. The number of carbonyl (C=O) groups excluding carboxylic acids is 1. The fourth-order valence-corrected chi connectivity index (χ4v) is 2.14. The van der Waals surface area contributed by atoms with Crippen LogP contribution in [-0.4, -0.2) is 11.1 Å². The molecular weight excluding hydrogens is 276 g/mol. The zero-order valence-corrected chi connectivity index (χ0v) is 11.3. The molecule has 20 heavy (non-hydrogen) atoms. The minimum atomic E-state index is -0.293. The van der Waals surface area contributed by atoms with E-state index in [0.29, 0.717) is 23.8 Å². The predicted octanol–water partition coefficient (Wildman–Crippen LogP) is 2.44. The second-order valence-corrected chi connectivity index (χ2v) is 4.74. The maximum Gasteiger partial charge on any atom is 0.338 e. The van der Waals surface area contributed by atoms with E-state index in [1.807, 2.05) is 24.3 Å². The lowest BCUT2D eigenvalue weighted by Crippen LogP contribution is -2.27. The monoisotopic (exact) mass is 288 g/mol. The lowest BCUT2D eigenvalue weighted by molar-refractivity contribution is 0.0535. The molecule has 0 amide bonds. The molecule has 2 heterocycles.